The van der Waals surface area contributed by atoms with Crippen molar-refractivity contribution in [1.82, 2.24) is 5.32 Å². The van der Waals surface area contributed by atoms with E-state index in [1.54, 1.807) is 0 Å². The zero-order valence-corrected chi connectivity index (χ0v) is 27.3. The van der Waals surface area contributed by atoms with Gasteiger partial charge < -0.3 is 62.2 Å². The molecule has 0 fully saturated rings. The van der Waals surface area contributed by atoms with Crippen molar-refractivity contribution in [1.29, 1.82) is 0 Å². The van der Waals surface area contributed by atoms with Gasteiger partial charge in [-0.2, -0.15) is 0 Å². The SMILES string of the molecule is C[Si](C)(C)OCCOCCOCCOCCOCCOCCOCCOCCOCCOCCNC(=O)COCC(=O)O. The lowest BCUT2D eigenvalue weighted by Crippen LogP contribution is -2.31. The van der Waals surface area contributed by atoms with Gasteiger partial charge in [-0.1, -0.05) is 0 Å². The molecule has 0 aromatic heterocycles. The highest BCUT2D eigenvalue weighted by Crippen LogP contribution is 2.01. The number of carboxylic acid groups (broad SMARTS) is 1. The van der Waals surface area contributed by atoms with E-state index in [4.69, 9.17) is 52.2 Å². The Hall–Kier alpha value is -1.28. The predicted molar refractivity (Wildman–Crippen MR) is 158 cm³/mol. The van der Waals surface area contributed by atoms with Crippen molar-refractivity contribution < 1.29 is 66.5 Å². The smallest absolute Gasteiger partial charge is 0.329 e. The molecule has 0 atom stereocenters. The normalized spacial score (nSPS) is 11.7. The first kappa shape index (κ1) is 41.7. The Morgan fingerprint density at radius 2 is 0.767 bits per heavy atom. The minimum atomic E-state index is -1.46. The van der Waals surface area contributed by atoms with Crippen LogP contribution in [0.1, 0.15) is 0 Å². The van der Waals surface area contributed by atoms with Gasteiger partial charge in [0.05, 0.1) is 126 Å². The first-order chi connectivity index (χ1) is 20.8. The van der Waals surface area contributed by atoms with E-state index >= 15 is 0 Å². The van der Waals surface area contributed by atoms with Crippen LogP contribution in [0.3, 0.4) is 0 Å². The van der Waals surface area contributed by atoms with E-state index in [1.807, 2.05) is 0 Å². The van der Waals surface area contributed by atoms with Gasteiger partial charge in [-0.05, 0) is 19.6 Å². The molecule has 0 aliphatic rings. The fourth-order valence-electron chi connectivity index (χ4n) is 2.81. The zero-order valence-electron chi connectivity index (χ0n) is 26.3. The maximum Gasteiger partial charge on any atom is 0.329 e. The Balaban J connectivity index is 3.11. The molecule has 43 heavy (non-hydrogen) atoms. The van der Waals surface area contributed by atoms with Gasteiger partial charge in [-0.3, -0.25) is 4.79 Å². The molecule has 0 spiro atoms. The van der Waals surface area contributed by atoms with Crippen molar-refractivity contribution >= 4 is 20.2 Å². The van der Waals surface area contributed by atoms with Gasteiger partial charge in [0.15, 0.2) is 8.32 Å². The van der Waals surface area contributed by atoms with Crippen molar-refractivity contribution in [3.63, 3.8) is 0 Å². The van der Waals surface area contributed by atoms with Crippen LogP contribution in [0, 0.1) is 0 Å². The van der Waals surface area contributed by atoms with Gasteiger partial charge in [0.25, 0.3) is 0 Å². The van der Waals surface area contributed by atoms with Crippen LogP contribution in [-0.2, 0) is 61.4 Å². The Morgan fingerprint density at radius 1 is 0.465 bits per heavy atom. The molecule has 0 unspecified atom stereocenters. The highest BCUT2D eigenvalue weighted by Gasteiger charge is 2.13. The maximum atomic E-state index is 11.3. The van der Waals surface area contributed by atoms with Crippen LogP contribution in [0.5, 0.6) is 0 Å². The third-order valence-corrected chi connectivity index (χ3v) is 5.84. The summed E-state index contributed by atoms with van der Waals surface area (Å²) in [7, 11) is -1.46. The summed E-state index contributed by atoms with van der Waals surface area (Å²) in [5.41, 5.74) is 0. The van der Waals surface area contributed by atoms with E-state index in [9.17, 15) is 9.59 Å². The molecule has 0 saturated heterocycles. The second kappa shape index (κ2) is 32.1. The molecule has 1 amide bonds. The molecular weight excluding hydrogens is 590 g/mol. The average Bonchev–Trinajstić information content (AvgIpc) is 2.95. The predicted octanol–water partition coefficient (Wildman–Crippen LogP) is 0.205. The third-order valence-electron chi connectivity index (χ3n) is 4.77. The summed E-state index contributed by atoms with van der Waals surface area (Å²) in [5, 5.41) is 11.0. The zero-order chi connectivity index (χ0) is 31.7. The molecule has 2 N–H and O–H groups in total. The van der Waals surface area contributed by atoms with Gasteiger partial charge in [0, 0.05) is 6.54 Å². The molecule has 0 aliphatic carbocycles. The number of nitrogens with one attached hydrogen (secondary N) is 1. The Bertz CT molecular complexity index is 627. The number of carboxylic acids is 1. The lowest BCUT2D eigenvalue weighted by molar-refractivity contribution is -0.143. The number of hydrogen-bond donors (Lipinski definition) is 2. The molecule has 0 bridgehead atoms. The molecule has 0 heterocycles. The number of hydrogen-bond acceptors (Lipinski definition) is 13. The number of ether oxygens (including phenoxy) is 10. The summed E-state index contributed by atoms with van der Waals surface area (Å²) in [6.45, 7) is 15.2. The van der Waals surface area contributed by atoms with Crippen LogP contribution in [0.15, 0.2) is 0 Å². The van der Waals surface area contributed by atoms with E-state index < -0.39 is 26.8 Å². The highest BCUT2D eigenvalue weighted by molar-refractivity contribution is 6.69. The summed E-state index contributed by atoms with van der Waals surface area (Å²) in [6.07, 6.45) is 0. The fraction of sp³-hybridized carbons (Fsp3) is 0.926. The summed E-state index contributed by atoms with van der Waals surface area (Å²) in [6, 6.07) is 0. The molecule has 0 aromatic carbocycles. The Kier molecular flexibility index (Phi) is 31.2. The van der Waals surface area contributed by atoms with Crippen LogP contribution in [0.2, 0.25) is 19.6 Å². The average molecular weight is 646 g/mol. The van der Waals surface area contributed by atoms with Gasteiger partial charge >= 0.3 is 5.97 Å². The lowest BCUT2D eigenvalue weighted by Gasteiger charge is -2.16. The quantitative estimate of drug-likeness (QED) is 0.0709. The van der Waals surface area contributed by atoms with E-state index in [0.717, 1.165) is 0 Å². The van der Waals surface area contributed by atoms with Crippen LogP contribution in [0.4, 0.5) is 0 Å². The summed E-state index contributed by atoms with van der Waals surface area (Å²) in [5.74, 6) is -1.52. The summed E-state index contributed by atoms with van der Waals surface area (Å²) in [4.78, 5) is 21.6. The third kappa shape index (κ3) is 38.7. The minimum absolute atomic E-state index is 0.299. The van der Waals surface area contributed by atoms with Crippen LogP contribution in [0.25, 0.3) is 0 Å². The van der Waals surface area contributed by atoms with Crippen LogP contribution < -0.4 is 5.32 Å². The Labute approximate surface area is 257 Å². The van der Waals surface area contributed by atoms with Gasteiger partial charge in [-0.15, -0.1) is 0 Å². The number of amides is 1. The number of rotatable bonds is 35. The van der Waals surface area contributed by atoms with E-state index in [0.29, 0.717) is 132 Å². The van der Waals surface area contributed by atoms with Crippen molar-refractivity contribution in [3.8, 4) is 0 Å². The fourth-order valence-corrected chi connectivity index (χ4v) is 3.51. The maximum absolute atomic E-state index is 11.3. The van der Waals surface area contributed by atoms with E-state index in [-0.39, 0.29) is 6.61 Å². The number of aliphatic carboxylic acids is 1. The second-order valence-electron chi connectivity index (χ2n) is 9.71. The molecule has 0 aliphatic heterocycles. The number of carbonyl (C=O) groups is 2. The molecular formula is C27H55NO14Si. The summed E-state index contributed by atoms with van der Waals surface area (Å²) < 4.78 is 59.2. The van der Waals surface area contributed by atoms with Gasteiger partial charge in [-0.25, -0.2) is 4.79 Å². The molecule has 0 aromatic rings. The van der Waals surface area contributed by atoms with E-state index in [1.165, 1.54) is 0 Å². The standard InChI is InChI=1S/C27H55NO14Si/c1-43(2,3)42-23-22-40-21-20-39-19-18-38-17-16-37-15-14-36-13-12-35-11-10-34-9-8-33-7-6-32-5-4-28-26(29)24-41-25-27(30)31/h4-25H2,1-3H3,(H,28,29)(H,30,31). The molecule has 0 saturated carbocycles. The number of carbonyl (C=O) groups excluding carboxylic acids is 1. The molecule has 0 rings (SSSR count). The second-order valence-corrected chi connectivity index (χ2v) is 14.2. The molecule has 15 nitrogen and oxygen atoms in total. The first-order valence-corrected chi connectivity index (χ1v) is 18.1. The topological polar surface area (TPSA) is 168 Å². The van der Waals surface area contributed by atoms with Crippen LogP contribution in [-0.4, -0.2) is 171 Å². The van der Waals surface area contributed by atoms with Crippen molar-refractivity contribution in [2.75, 3.05) is 145 Å². The van der Waals surface area contributed by atoms with Crippen molar-refractivity contribution in [3.05, 3.63) is 0 Å². The molecule has 16 heteroatoms. The molecule has 256 valence electrons. The largest absolute Gasteiger partial charge is 0.480 e. The Morgan fingerprint density at radius 3 is 1.07 bits per heavy atom. The van der Waals surface area contributed by atoms with Crippen molar-refractivity contribution in [2.24, 2.45) is 0 Å². The van der Waals surface area contributed by atoms with Crippen LogP contribution >= 0.6 is 0 Å². The van der Waals surface area contributed by atoms with Crippen molar-refractivity contribution in [2.45, 2.75) is 19.6 Å². The first-order valence-electron chi connectivity index (χ1n) is 14.7. The summed E-state index contributed by atoms with van der Waals surface area (Å²) >= 11 is 0. The van der Waals surface area contributed by atoms with Gasteiger partial charge in [0.1, 0.15) is 13.2 Å². The monoisotopic (exact) mass is 645 g/mol. The van der Waals surface area contributed by atoms with E-state index in [2.05, 4.69) is 29.7 Å². The minimum Gasteiger partial charge on any atom is -0.480 e. The van der Waals surface area contributed by atoms with Gasteiger partial charge in [0.2, 0.25) is 5.91 Å². The molecule has 0 radical (unpaired) electrons. The highest BCUT2D eigenvalue weighted by atomic mass is 28.4. The lowest BCUT2D eigenvalue weighted by atomic mass is 10.6.